The van der Waals surface area contributed by atoms with Crippen molar-refractivity contribution in [1.82, 2.24) is 0 Å². The van der Waals surface area contributed by atoms with Gasteiger partial charge in [0.25, 0.3) is 0 Å². The first kappa shape index (κ1) is 12.6. The second kappa shape index (κ2) is 5.61. The van der Waals surface area contributed by atoms with Gasteiger partial charge in [0.2, 0.25) is 0 Å². The van der Waals surface area contributed by atoms with Crippen molar-refractivity contribution in [2.24, 2.45) is 0 Å². The van der Waals surface area contributed by atoms with E-state index in [2.05, 4.69) is 4.74 Å². The maximum atomic E-state index is 12.7. The van der Waals surface area contributed by atoms with Crippen LogP contribution in [0.3, 0.4) is 0 Å². The quantitative estimate of drug-likeness (QED) is 0.797. The molecule has 88 valence electrons. The number of esters is 1. The zero-order valence-corrected chi connectivity index (χ0v) is 9.31. The van der Waals surface area contributed by atoms with Crippen molar-refractivity contribution in [2.45, 2.75) is 25.4 Å². The molecule has 1 aromatic rings. The zero-order valence-electron chi connectivity index (χ0n) is 9.31. The lowest BCUT2D eigenvalue weighted by Gasteiger charge is -2.18. The third-order valence-corrected chi connectivity index (χ3v) is 2.58. The first-order valence-electron chi connectivity index (χ1n) is 5.05. The Morgan fingerprint density at radius 3 is 2.50 bits per heavy atom. The van der Waals surface area contributed by atoms with E-state index in [1.165, 1.54) is 19.2 Å². The number of carbonyl (C=O) groups is 1. The Morgan fingerprint density at radius 2 is 2.00 bits per heavy atom. The Bertz CT molecular complexity index is 348. The highest BCUT2D eigenvalue weighted by atomic mass is 19.1. The van der Waals surface area contributed by atoms with Gasteiger partial charge in [0.1, 0.15) is 5.82 Å². The molecule has 3 nitrogen and oxygen atoms in total. The lowest BCUT2D eigenvalue weighted by Crippen LogP contribution is -2.20. The van der Waals surface area contributed by atoms with Crippen molar-refractivity contribution in [3.8, 4) is 0 Å². The summed E-state index contributed by atoms with van der Waals surface area (Å²) in [6, 6.07) is 5.86. The molecule has 0 aromatic heterocycles. The number of hydrogen-bond donors (Lipinski definition) is 1. The molecular weight excluding hydrogens is 211 g/mol. The number of rotatable bonds is 4. The Morgan fingerprint density at radius 1 is 1.44 bits per heavy atom. The summed E-state index contributed by atoms with van der Waals surface area (Å²) in [6.07, 6.45) is -0.882. The topological polar surface area (TPSA) is 46.5 Å². The molecular formula is C12H15FO3. The van der Waals surface area contributed by atoms with Crippen LogP contribution in [-0.2, 0) is 9.53 Å². The third kappa shape index (κ3) is 3.31. The molecule has 4 heteroatoms. The fourth-order valence-electron chi connectivity index (χ4n) is 1.42. The Balaban J connectivity index is 2.66. The standard InChI is InChI=1S/C12H15FO3/c1-8(11(14)7-12(15)16-2)9-3-5-10(13)6-4-9/h3-6,8,11,14H,7H2,1-2H3. The molecule has 16 heavy (non-hydrogen) atoms. The predicted octanol–water partition coefficient (Wildman–Crippen LogP) is 1.85. The van der Waals surface area contributed by atoms with E-state index in [0.29, 0.717) is 0 Å². The summed E-state index contributed by atoms with van der Waals surface area (Å²) < 4.78 is 17.1. The SMILES string of the molecule is COC(=O)CC(O)C(C)c1ccc(F)cc1. The summed E-state index contributed by atoms with van der Waals surface area (Å²) in [4.78, 5) is 11.0. The van der Waals surface area contributed by atoms with Gasteiger partial charge in [-0.15, -0.1) is 0 Å². The number of methoxy groups -OCH3 is 1. The van der Waals surface area contributed by atoms with Crippen LogP contribution >= 0.6 is 0 Å². The van der Waals surface area contributed by atoms with Crippen LogP contribution in [0.5, 0.6) is 0 Å². The van der Waals surface area contributed by atoms with Crippen molar-refractivity contribution >= 4 is 5.97 Å². The largest absolute Gasteiger partial charge is 0.469 e. The molecule has 0 aliphatic carbocycles. The summed E-state index contributed by atoms with van der Waals surface area (Å²) in [5.41, 5.74) is 0.790. The molecule has 0 fully saturated rings. The van der Waals surface area contributed by atoms with Gasteiger partial charge < -0.3 is 9.84 Å². The molecule has 0 amide bonds. The van der Waals surface area contributed by atoms with Gasteiger partial charge in [-0.1, -0.05) is 19.1 Å². The maximum absolute atomic E-state index is 12.7. The van der Waals surface area contributed by atoms with Crippen molar-refractivity contribution < 1.29 is 19.0 Å². The van der Waals surface area contributed by atoms with Crippen LogP contribution in [0.1, 0.15) is 24.8 Å². The maximum Gasteiger partial charge on any atom is 0.308 e. The summed E-state index contributed by atoms with van der Waals surface area (Å²) in [5.74, 6) is -1.01. The van der Waals surface area contributed by atoms with Crippen molar-refractivity contribution in [1.29, 1.82) is 0 Å². The van der Waals surface area contributed by atoms with E-state index >= 15 is 0 Å². The molecule has 1 rings (SSSR count). The molecule has 1 aromatic carbocycles. The van der Waals surface area contributed by atoms with Gasteiger partial charge in [-0.25, -0.2) is 4.39 Å². The molecule has 2 unspecified atom stereocenters. The van der Waals surface area contributed by atoms with Crippen LogP contribution in [0.15, 0.2) is 24.3 Å². The number of halogens is 1. The molecule has 0 aliphatic heterocycles. The fraction of sp³-hybridized carbons (Fsp3) is 0.417. The molecule has 0 saturated heterocycles. The summed E-state index contributed by atoms with van der Waals surface area (Å²) in [5, 5.41) is 9.75. The van der Waals surface area contributed by atoms with E-state index in [-0.39, 0.29) is 18.2 Å². The molecule has 0 radical (unpaired) electrons. The van der Waals surface area contributed by atoms with Gasteiger partial charge in [0.15, 0.2) is 0 Å². The predicted molar refractivity (Wildman–Crippen MR) is 57.5 cm³/mol. The normalized spacial score (nSPS) is 14.2. The summed E-state index contributed by atoms with van der Waals surface area (Å²) >= 11 is 0. The van der Waals surface area contributed by atoms with E-state index < -0.39 is 12.1 Å². The van der Waals surface area contributed by atoms with Crippen molar-refractivity contribution in [3.05, 3.63) is 35.6 Å². The van der Waals surface area contributed by atoms with Crippen molar-refractivity contribution in [3.63, 3.8) is 0 Å². The van der Waals surface area contributed by atoms with Crippen LogP contribution in [-0.4, -0.2) is 24.3 Å². The van der Waals surface area contributed by atoms with Gasteiger partial charge in [-0.3, -0.25) is 4.79 Å². The number of aliphatic hydroxyl groups is 1. The summed E-state index contributed by atoms with van der Waals surface area (Å²) in [6.45, 7) is 1.78. The minimum Gasteiger partial charge on any atom is -0.469 e. The number of hydrogen-bond acceptors (Lipinski definition) is 3. The number of aliphatic hydroxyl groups excluding tert-OH is 1. The van der Waals surface area contributed by atoms with Crippen LogP contribution < -0.4 is 0 Å². The second-order valence-electron chi connectivity index (χ2n) is 3.69. The smallest absolute Gasteiger partial charge is 0.308 e. The fourth-order valence-corrected chi connectivity index (χ4v) is 1.42. The van der Waals surface area contributed by atoms with E-state index in [4.69, 9.17) is 0 Å². The lowest BCUT2D eigenvalue weighted by atomic mass is 9.93. The molecule has 2 atom stereocenters. The lowest BCUT2D eigenvalue weighted by molar-refractivity contribution is -0.143. The molecule has 0 bridgehead atoms. The average molecular weight is 226 g/mol. The molecule has 0 spiro atoms. The first-order chi connectivity index (χ1) is 7.54. The zero-order chi connectivity index (χ0) is 12.1. The highest BCUT2D eigenvalue weighted by Gasteiger charge is 2.19. The minimum absolute atomic E-state index is 0.0605. The van der Waals surface area contributed by atoms with Gasteiger partial charge in [0, 0.05) is 5.92 Å². The van der Waals surface area contributed by atoms with Gasteiger partial charge in [-0.2, -0.15) is 0 Å². The number of carbonyl (C=O) groups excluding carboxylic acids is 1. The van der Waals surface area contributed by atoms with Gasteiger partial charge >= 0.3 is 5.97 Å². The first-order valence-corrected chi connectivity index (χ1v) is 5.05. The highest BCUT2D eigenvalue weighted by molar-refractivity contribution is 5.69. The van der Waals surface area contributed by atoms with Crippen LogP contribution in [0.4, 0.5) is 4.39 Å². The molecule has 0 heterocycles. The van der Waals surface area contributed by atoms with Crippen molar-refractivity contribution in [2.75, 3.05) is 7.11 Å². The number of benzene rings is 1. The Hall–Kier alpha value is -1.42. The Kier molecular flexibility index (Phi) is 4.43. The van der Waals surface area contributed by atoms with Gasteiger partial charge in [0.05, 0.1) is 19.6 Å². The molecule has 0 saturated carbocycles. The van der Waals surface area contributed by atoms with Gasteiger partial charge in [-0.05, 0) is 17.7 Å². The second-order valence-corrected chi connectivity index (χ2v) is 3.69. The third-order valence-electron chi connectivity index (χ3n) is 2.58. The summed E-state index contributed by atoms with van der Waals surface area (Å²) in [7, 11) is 1.28. The van der Waals surface area contributed by atoms with Crippen LogP contribution in [0, 0.1) is 5.82 Å². The average Bonchev–Trinajstić information content (AvgIpc) is 2.28. The Labute approximate surface area is 93.9 Å². The highest BCUT2D eigenvalue weighted by Crippen LogP contribution is 2.21. The molecule has 0 aliphatic rings. The van der Waals surface area contributed by atoms with E-state index in [1.54, 1.807) is 19.1 Å². The van der Waals surface area contributed by atoms with E-state index in [1.807, 2.05) is 0 Å². The molecule has 1 N–H and O–H groups in total. The van der Waals surface area contributed by atoms with E-state index in [9.17, 15) is 14.3 Å². The van der Waals surface area contributed by atoms with Crippen LogP contribution in [0.25, 0.3) is 0 Å². The van der Waals surface area contributed by atoms with E-state index in [0.717, 1.165) is 5.56 Å². The monoisotopic (exact) mass is 226 g/mol. The minimum atomic E-state index is -0.821. The van der Waals surface area contributed by atoms with Crippen LogP contribution in [0.2, 0.25) is 0 Å². The number of ether oxygens (including phenoxy) is 1.